The Morgan fingerprint density at radius 3 is 2.47 bits per heavy atom. The second-order valence-electron chi connectivity index (χ2n) is 4.29. The molecule has 1 heterocycles. The van der Waals surface area contributed by atoms with Gasteiger partial charge in [-0.25, -0.2) is 0 Å². The third-order valence-corrected chi connectivity index (χ3v) is 3.22. The third kappa shape index (κ3) is 2.71. The summed E-state index contributed by atoms with van der Waals surface area (Å²) in [7, 11) is 0. The molecule has 4 heteroatoms. The lowest BCUT2D eigenvalue weighted by Gasteiger charge is -2.02. The predicted molar refractivity (Wildman–Crippen MR) is 77.3 cm³/mol. The first-order valence-electron chi connectivity index (χ1n) is 6.08. The first-order valence-corrected chi connectivity index (χ1v) is 6.62. The Hall–Kier alpha value is -2.00. The summed E-state index contributed by atoms with van der Waals surface area (Å²) in [4.78, 5) is 4.36. The van der Waals surface area contributed by atoms with Gasteiger partial charge in [0.15, 0.2) is 5.58 Å². The van der Waals surface area contributed by atoms with Crippen LogP contribution in [0.1, 0.15) is 11.1 Å². The van der Waals surface area contributed by atoms with Crippen LogP contribution in [0.2, 0.25) is 0 Å². The van der Waals surface area contributed by atoms with E-state index in [1.807, 2.05) is 48.5 Å². The smallest absolute Gasteiger partial charge is 0.295 e. The predicted octanol–water partition coefficient (Wildman–Crippen LogP) is 4.18. The van der Waals surface area contributed by atoms with Crippen LogP contribution in [0.3, 0.4) is 0 Å². The average Bonchev–Trinajstić information content (AvgIpc) is 2.88. The van der Waals surface area contributed by atoms with Crippen molar-refractivity contribution in [2.24, 2.45) is 0 Å². The molecule has 0 aliphatic rings. The van der Waals surface area contributed by atoms with Gasteiger partial charge in [-0.2, -0.15) is 4.98 Å². The molecule has 0 saturated heterocycles. The molecule has 1 aromatic heterocycles. The lowest BCUT2D eigenvalue weighted by Crippen LogP contribution is -1.99. The van der Waals surface area contributed by atoms with Crippen LogP contribution in [-0.4, -0.2) is 4.98 Å². The largest absolute Gasteiger partial charge is 0.424 e. The fourth-order valence-electron chi connectivity index (χ4n) is 1.87. The van der Waals surface area contributed by atoms with Crippen LogP contribution in [-0.2, 0) is 12.4 Å². The highest BCUT2D eigenvalue weighted by molar-refractivity contribution is 6.17. The van der Waals surface area contributed by atoms with Crippen molar-refractivity contribution in [1.82, 2.24) is 4.98 Å². The Morgan fingerprint density at radius 1 is 1.00 bits per heavy atom. The van der Waals surface area contributed by atoms with Gasteiger partial charge in [0.2, 0.25) is 0 Å². The summed E-state index contributed by atoms with van der Waals surface area (Å²) >= 11 is 5.76. The molecule has 0 fully saturated rings. The van der Waals surface area contributed by atoms with Crippen molar-refractivity contribution in [2.75, 3.05) is 5.32 Å². The maximum Gasteiger partial charge on any atom is 0.295 e. The van der Waals surface area contributed by atoms with Crippen LogP contribution in [0.5, 0.6) is 0 Å². The molecule has 0 spiro atoms. The number of nitrogens with one attached hydrogen (secondary N) is 1. The number of nitrogens with zero attached hydrogens (tertiary/aromatic N) is 1. The Bertz CT molecular complexity index is 643. The minimum atomic E-state index is 0.541. The maximum absolute atomic E-state index is 5.76. The highest BCUT2D eigenvalue weighted by Crippen LogP contribution is 2.18. The van der Waals surface area contributed by atoms with Gasteiger partial charge in [-0.15, -0.1) is 11.6 Å². The number of oxazole rings is 1. The molecule has 3 rings (SSSR count). The van der Waals surface area contributed by atoms with Crippen molar-refractivity contribution in [3.8, 4) is 0 Å². The number of rotatable bonds is 4. The average molecular weight is 273 g/mol. The van der Waals surface area contributed by atoms with Crippen molar-refractivity contribution < 1.29 is 4.42 Å². The molecule has 19 heavy (non-hydrogen) atoms. The van der Waals surface area contributed by atoms with Crippen LogP contribution in [0.15, 0.2) is 52.9 Å². The summed E-state index contributed by atoms with van der Waals surface area (Å²) in [6, 6.07) is 16.4. The number of para-hydroxylation sites is 2. The lowest BCUT2D eigenvalue weighted by atomic mass is 10.1. The summed E-state index contributed by atoms with van der Waals surface area (Å²) in [5.74, 6) is 0.541. The Labute approximate surface area is 116 Å². The molecule has 0 aliphatic carbocycles. The number of benzene rings is 2. The zero-order valence-electron chi connectivity index (χ0n) is 10.3. The maximum atomic E-state index is 5.76. The van der Waals surface area contributed by atoms with Crippen LogP contribution in [0, 0.1) is 0 Å². The van der Waals surface area contributed by atoms with Crippen LogP contribution in [0.4, 0.5) is 6.01 Å². The minimum Gasteiger partial charge on any atom is -0.424 e. The van der Waals surface area contributed by atoms with E-state index in [0.717, 1.165) is 22.2 Å². The summed E-state index contributed by atoms with van der Waals surface area (Å²) < 4.78 is 5.59. The highest BCUT2D eigenvalue weighted by atomic mass is 35.5. The van der Waals surface area contributed by atoms with E-state index in [9.17, 15) is 0 Å². The van der Waals surface area contributed by atoms with Crippen molar-refractivity contribution in [1.29, 1.82) is 0 Å². The Morgan fingerprint density at radius 2 is 1.74 bits per heavy atom. The molecule has 0 radical (unpaired) electrons. The molecular weight excluding hydrogens is 260 g/mol. The number of hydrogen-bond acceptors (Lipinski definition) is 3. The molecule has 0 saturated carbocycles. The lowest BCUT2D eigenvalue weighted by molar-refractivity contribution is 0.614. The number of halogens is 1. The standard InChI is InChI=1S/C15H13ClN2O/c16-9-11-5-7-12(8-6-11)10-17-15-18-13-3-1-2-4-14(13)19-15/h1-8H,9-10H2,(H,17,18). The van der Waals surface area contributed by atoms with Crippen molar-refractivity contribution in [2.45, 2.75) is 12.4 Å². The number of alkyl halides is 1. The first-order chi connectivity index (χ1) is 9.35. The van der Waals surface area contributed by atoms with E-state index >= 15 is 0 Å². The van der Waals surface area contributed by atoms with Gasteiger partial charge in [-0.05, 0) is 23.3 Å². The van der Waals surface area contributed by atoms with Crippen LogP contribution < -0.4 is 5.32 Å². The Balaban J connectivity index is 1.70. The molecule has 0 unspecified atom stereocenters. The summed E-state index contributed by atoms with van der Waals surface area (Å²) in [5.41, 5.74) is 3.94. The Kier molecular flexibility index (Phi) is 3.38. The quantitative estimate of drug-likeness (QED) is 0.724. The van der Waals surface area contributed by atoms with Gasteiger partial charge in [-0.3, -0.25) is 0 Å². The molecule has 1 N–H and O–H groups in total. The number of anilines is 1. The summed E-state index contributed by atoms with van der Waals surface area (Å²) in [6.45, 7) is 0.676. The molecule has 3 aromatic rings. The van der Waals surface area contributed by atoms with E-state index < -0.39 is 0 Å². The molecule has 0 bridgehead atoms. The van der Waals surface area contributed by atoms with Crippen molar-refractivity contribution in [3.05, 3.63) is 59.7 Å². The van der Waals surface area contributed by atoms with E-state index in [-0.39, 0.29) is 0 Å². The van der Waals surface area contributed by atoms with E-state index in [4.69, 9.17) is 16.0 Å². The molecular formula is C15H13ClN2O. The SMILES string of the molecule is ClCc1ccc(CNc2nc3ccccc3o2)cc1. The second kappa shape index (κ2) is 5.33. The van der Waals surface area contributed by atoms with Crippen LogP contribution >= 0.6 is 11.6 Å². The number of hydrogen-bond donors (Lipinski definition) is 1. The zero-order valence-corrected chi connectivity index (χ0v) is 11.0. The molecule has 3 nitrogen and oxygen atoms in total. The fraction of sp³-hybridized carbons (Fsp3) is 0.133. The molecule has 0 aliphatic heterocycles. The van der Waals surface area contributed by atoms with Gasteiger partial charge in [-0.1, -0.05) is 36.4 Å². The van der Waals surface area contributed by atoms with Gasteiger partial charge < -0.3 is 9.73 Å². The van der Waals surface area contributed by atoms with E-state index in [2.05, 4.69) is 10.3 Å². The van der Waals surface area contributed by atoms with Crippen molar-refractivity contribution in [3.63, 3.8) is 0 Å². The van der Waals surface area contributed by atoms with E-state index in [0.29, 0.717) is 18.4 Å². The van der Waals surface area contributed by atoms with Gasteiger partial charge in [0.25, 0.3) is 6.01 Å². The highest BCUT2D eigenvalue weighted by Gasteiger charge is 2.04. The van der Waals surface area contributed by atoms with Gasteiger partial charge in [0.05, 0.1) is 0 Å². The summed E-state index contributed by atoms with van der Waals surface area (Å²) in [6.07, 6.45) is 0. The number of aromatic nitrogens is 1. The molecule has 96 valence electrons. The molecule has 2 aromatic carbocycles. The fourth-order valence-corrected chi connectivity index (χ4v) is 2.05. The normalized spacial score (nSPS) is 10.8. The monoisotopic (exact) mass is 272 g/mol. The third-order valence-electron chi connectivity index (χ3n) is 2.91. The molecule has 0 amide bonds. The summed E-state index contributed by atoms with van der Waals surface area (Å²) in [5, 5.41) is 3.18. The van der Waals surface area contributed by atoms with Gasteiger partial charge >= 0.3 is 0 Å². The first kappa shape index (κ1) is 12.1. The molecule has 0 atom stereocenters. The number of fused-ring (bicyclic) bond motifs is 1. The zero-order chi connectivity index (χ0) is 13.1. The van der Waals surface area contributed by atoms with Crippen LogP contribution in [0.25, 0.3) is 11.1 Å². The van der Waals surface area contributed by atoms with Crippen molar-refractivity contribution >= 4 is 28.7 Å². The minimum absolute atomic E-state index is 0.541. The van der Waals surface area contributed by atoms with E-state index in [1.54, 1.807) is 0 Å². The topological polar surface area (TPSA) is 38.1 Å². The van der Waals surface area contributed by atoms with Gasteiger partial charge in [0.1, 0.15) is 5.52 Å². The second-order valence-corrected chi connectivity index (χ2v) is 4.56. The van der Waals surface area contributed by atoms with E-state index in [1.165, 1.54) is 0 Å². The van der Waals surface area contributed by atoms with Gasteiger partial charge in [0, 0.05) is 12.4 Å².